The fourth-order valence-electron chi connectivity index (χ4n) is 1.66. The number of methoxy groups -OCH3 is 1. The van der Waals surface area contributed by atoms with Gasteiger partial charge in [0.15, 0.2) is 17.3 Å². The minimum atomic E-state index is -0.528. The summed E-state index contributed by atoms with van der Waals surface area (Å²) in [5, 5.41) is 3.01. The molecule has 1 aliphatic heterocycles. The van der Waals surface area contributed by atoms with E-state index in [-0.39, 0.29) is 18.0 Å². The first-order chi connectivity index (χ1) is 8.20. The number of amidine groups is 1. The number of carbonyl (C=O) groups is 1. The third kappa shape index (κ3) is 2.61. The smallest absolute Gasteiger partial charge is 0.170 e. The molecule has 0 bridgehead atoms. The molecule has 17 heavy (non-hydrogen) atoms. The van der Waals surface area contributed by atoms with Crippen molar-refractivity contribution in [3.8, 4) is 5.75 Å². The highest BCUT2D eigenvalue weighted by Crippen LogP contribution is 2.18. The van der Waals surface area contributed by atoms with Crippen LogP contribution in [-0.2, 0) is 0 Å². The van der Waals surface area contributed by atoms with Gasteiger partial charge in [-0.2, -0.15) is 0 Å². The van der Waals surface area contributed by atoms with Crippen LogP contribution < -0.4 is 10.1 Å². The summed E-state index contributed by atoms with van der Waals surface area (Å²) in [6, 6.07) is 4.20. The van der Waals surface area contributed by atoms with Crippen LogP contribution in [0.3, 0.4) is 0 Å². The number of hydrogen-bond donors (Lipinski definition) is 1. The maximum atomic E-state index is 13.4. The molecule has 0 spiro atoms. The average molecular weight is 236 g/mol. The van der Waals surface area contributed by atoms with Crippen LogP contribution in [0.4, 0.5) is 4.39 Å². The number of halogens is 1. The molecule has 1 N–H and O–H groups in total. The number of ketones is 1. The molecule has 0 atom stereocenters. The van der Waals surface area contributed by atoms with Gasteiger partial charge in [0.05, 0.1) is 20.1 Å². The Morgan fingerprint density at radius 3 is 3.00 bits per heavy atom. The van der Waals surface area contributed by atoms with Crippen molar-refractivity contribution in [3.05, 3.63) is 29.6 Å². The lowest BCUT2D eigenvalue weighted by Gasteiger charge is -2.05. The third-order valence-corrected chi connectivity index (χ3v) is 2.55. The average Bonchev–Trinajstić information content (AvgIpc) is 2.81. The molecule has 5 heteroatoms. The molecular formula is C12H13FN2O2. The highest BCUT2D eigenvalue weighted by molar-refractivity contribution is 6.09. The molecule has 0 amide bonds. The maximum absolute atomic E-state index is 13.4. The first-order valence-electron chi connectivity index (χ1n) is 5.34. The monoisotopic (exact) mass is 236 g/mol. The molecule has 0 radical (unpaired) electrons. The minimum Gasteiger partial charge on any atom is -0.494 e. The fraction of sp³-hybridized carbons (Fsp3) is 0.333. The lowest BCUT2D eigenvalue weighted by Crippen LogP contribution is -2.21. The number of rotatable bonds is 4. The standard InChI is InChI=1S/C12H13FN2O2/c1-17-11-3-2-8(6-9(11)13)10(16)7-12-14-4-5-15-12/h2-3,6H,4-5,7H2,1H3,(H,14,15). The number of benzene rings is 1. The molecule has 4 nitrogen and oxygen atoms in total. The highest BCUT2D eigenvalue weighted by Gasteiger charge is 2.14. The summed E-state index contributed by atoms with van der Waals surface area (Å²) in [5.41, 5.74) is 0.333. The summed E-state index contributed by atoms with van der Waals surface area (Å²) in [5.74, 6) is 0.128. The number of hydrogen-bond acceptors (Lipinski definition) is 4. The van der Waals surface area contributed by atoms with E-state index in [1.807, 2.05) is 0 Å². The predicted molar refractivity (Wildman–Crippen MR) is 62.2 cm³/mol. The van der Waals surface area contributed by atoms with Gasteiger partial charge in [0.2, 0.25) is 0 Å². The van der Waals surface area contributed by atoms with Crippen molar-refractivity contribution < 1.29 is 13.9 Å². The molecule has 1 aliphatic rings. The second-order valence-electron chi connectivity index (χ2n) is 3.70. The Balaban J connectivity index is 2.11. The first kappa shape index (κ1) is 11.6. The summed E-state index contributed by atoms with van der Waals surface area (Å²) < 4.78 is 18.2. The number of carbonyl (C=O) groups excluding carboxylic acids is 1. The zero-order valence-electron chi connectivity index (χ0n) is 9.50. The molecule has 2 rings (SSSR count). The lowest BCUT2D eigenvalue weighted by atomic mass is 10.1. The van der Waals surface area contributed by atoms with Crippen molar-refractivity contribution in [2.75, 3.05) is 20.2 Å². The van der Waals surface area contributed by atoms with Crippen LogP contribution in [0.2, 0.25) is 0 Å². The maximum Gasteiger partial charge on any atom is 0.170 e. The van der Waals surface area contributed by atoms with E-state index in [0.29, 0.717) is 17.9 Å². The van der Waals surface area contributed by atoms with Crippen LogP contribution in [0, 0.1) is 5.82 Å². The van der Waals surface area contributed by atoms with Crippen LogP contribution in [0.15, 0.2) is 23.2 Å². The van der Waals surface area contributed by atoms with E-state index in [4.69, 9.17) is 4.74 Å². The van der Waals surface area contributed by atoms with Gasteiger partial charge >= 0.3 is 0 Å². The Morgan fingerprint density at radius 1 is 1.59 bits per heavy atom. The van der Waals surface area contributed by atoms with Gasteiger partial charge < -0.3 is 10.1 Å². The molecule has 1 aromatic rings. The Hall–Kier alpha value is -1.91. The van der Waals surface area contributed by atoms with Crippen LogP contribution in [0.25, 0.3) is 0 Å². The van der Waals surface area contributed by atoms with Gasteiger partial charge in [-0.25, -0.2) is 4.39 Å². The van der Waals surface area contributed by atoms with E-state index in [9.17, 15) is 9.18 Å². The van der Waals surface area contributed by atoms with Crippen LogP contribution in [0.1, 0.15) is 16.8 Å². The molecule has 0 saturated heterocycles. The summed E-state index contributed by atoms with van der Waals surface area (Å²) in [6.45, 7) is 1.46. The summed E-state index contributed by atoms with van der Waals surface area (Å²) in [6.07, 6.45) is 0.186. The predicted octanol–water partition coefficient (Wildman–Crippen LogP) is 1.41. The van der Waals surface area contributed by atoms with E-state index in [0.717, 1.165) is 6.54 Å². The van der Waals surface area contributed by atoms with Crippen molar-refractivity contribution >= 4 is 11.6 Å². The van der Waals surface area contributed by atoms with Gasteiger partial charge in [0, 0.05) is 12.1 Å². The zero-order chi connectivity index (χ0) is 12.3. The molecule has 0 unspecified atom stereocenters. The molecule has 0 saturated carbocycles. The fourth-order valence-corrected chi connectivity index (χ4v) is 1.66. The van der Waals surface area contributed by atoms with Gasteiger partial charge in [-0.3, -0.25) is 9.79 Å². The van der Waals surface area contributed by atoms with Crippen molar-refractivity contribution in [2.45, 2.75) is 6.42 Å². The second-order valence-corrected chi connectivity index (χ2v) is 3.70. The van der Waals surface area contributed by atoms with Crippen LogP contribution in [-0.4, -0.2) is 31.8 Å². The SMILES string of the molecule is COc1ccc(C(=O)CC2=NCCN2)cc1F. The van der Waals surface area contributed by atoms with Crippen molar-refractivity contribution in [1.82, 2.24) is 5.32 Å². The number of nitrogens with one attached hydrogen (secondary N) is 1. The molecule has 90 valence electrons. The normalized spacial score (nSPS) is 14.1. The quantitative estimate of drug-likeness (QED) is 0.804. The molecule has 0 fully saturated rings. The first-order valence-corrected chi connectivity index (χ1v) is 5.34. The van der Waals surface area contributed by atoms with Crippen molar-refractivity contribution in [2.24, 2.45) is 4.99 Å². The number of nitrogens with zero attached hydrogens (tertiary/aromatic N) is 1. The number of aliphatic imine (C=N–C) groups is 1. The molecule has 1 heterocycles. The van der Waals surface area contributed by atoms with Crippen LogP contribution >= 0.6 is 0 Å². The molecule has 1 aromatic carbocycles. The van der Waals surface area contributed by atoms with Crippen molar-refractivity contribution in [3.63, 3.8) is 0 Å². The van der Waals surface area contributed by atoms with Gasteiger partial charge in [-0.1, -0.05) is 0 Å². The van der Waals surface area contributed by atoms with Gasteiger partial charge in [-0.15, -0.1) is 0 Å². The summed E-state index contributed by atoms with van der Waals surface area (Å²) in [4.78, 5) is 15.9. The summed E-state index contributed by atoms with van der Waals surface area (Å²) >= 11 is 0. The van der Waals surface area contributed by atoms with E-state index in [1.165, 1.54) is 19.2 Å². The van der Waals surface area contributed by atoms with Crippen LogP contribution in [0.5, 0.6) is 5.75 Å². The van der Waals surface area contributed by atoms with Crippen molar-refractivity contribution in [1.29, 1.82) is 0 Å². The highest BCUT2D eigenvalue weighted by atomic mass is 19.1. The van der Waals surface area contributed by atoms with E-state index in [2.05, 4.69) is 10.3 Å². The largest absolute Gasteiger partial charge is 0.494 e. The Labute approximate surface area is 98.5 Å². The molecular weight excluding hydrogens is 223 g/mol. The lowest BCUT2D eigenvalue weighted by molar-refractivity contribution is 0.0999. The van der Waals surface area contributed by atoms with Gasteiger partial charge in [0.25, 0.3) is 0 Å². The number of Topliss-reactive ketones (excluding diaryl/α,β-unsaturated/α-hetero) is 1. The Morgan fingerprint density at radius 2 is 2.41 bits per heavy atom. The van der Waals surface area contributed by atoms with Gasteiger partial charge in [0.1, 0.15) is 5.84 Å². The summed E-state index contributed by atoms with van der Waals surface area (Å²) in [7, 11) is 1.39. The van der Waals surface area contributed by atoms with E-state index >= 15 is 0 Å². The van der Waals surface area contributed by atoms with E-state index < -0.39 is 5.82 Å². The van der Waals surface area contributed by atoms with E-state index in [1.54, 1.807) is 6.07 Å². The third-order valence-electron chi connectivity index (χ3n) is 2.55. The minimum absolute atomic E-state index is 0.137. The molecule has 0 aliphatic carbocycles. The van der Waals surface area contributed by atoms with Gasteiger partial charge in [-0.05, 0) is 18.2 Å². The zero-order valence-corrected chi connectivity index (χ0v) is 9.50. The Bertz CT molecular complexity index is 472. The number of ether oxygens (including phenoxy) is 1. The molecule has 0 aromatic heterocycles. The second kappa shape index (κ2) is 4.95. The topological polar surface area (TPSA) is 50.7 Å². The Kier molecular flexibility index (Phi) is 3.37.